The van der Waals surface area contributed by atoms with Gasteiger partial charge >= 0.3 is 0 Å². The maximum atomic E-state index is 6.00. The van der Waals surface area contributed by atoms with Gasteiger partial charge in [0.1, 0.15) is 10.0 Å². The molecule has 0 aliphatic heterocycles. The van der Waals surface area contributed by atoms with E-state index in [0.29, 0.717) is 16.6 Å². The van der Waals surface area contributed by atoms with Gasteiger partial charge in [-0.05, 0) is 32.9 Å². The van der Waals surface area contributed by atoms with Crippen LogP contribution in [-0.2, 0) is 6.54 Å². The van der Waals surface area contributed by atoms with E-state index in [1.54, 1.807) is 17.4 Å². The van der Waals surface area contributed by atoms with Gasteiger partial charge in [0.05, 0.1) is 16.6 Å². The van der Waals surface area contributed by atoms with Crippen molar-refractivity contribution < 1.29 is 0 Å². The molecule has 2 aromatic rings. The quantitative estimate of drug-likeness (QED) is 0.912. The molecule has 102 valence electrons. The summed E-state index contributed by atoms with van der Waals surface area (Å²) in [6.07, 6.45) is 0. The zero-order valence-corrected chi connectivity index (χ0v) is 13.3. The van der Waals surface area contributed by atoms with E-state index in [0.717, 1.165) is 15.6 Å². The molecule has 6 heteroatoms. The second kappa shape index (κ2) is 5.75. The molecule has 0 saturated heterocycles. The van der Waals surface area contributed by atoms with Crippen LogP contribution in [0.15, 0.2) is 18.2 Å². The number of rotatable bonds is 3. The standard InChI is InChI=1S/C13H15Cl2N3S/c1-13(2,3)16-7-11-17-18-12(19-11)8-4-5-9(14)10(15)6-8/h4-6,16H,7H2,1-3H3. The smallest absolute Gasteiger partial charge is 0.147 e. The normalized spacial score (nSPS) is 11.8. The van der Waals surface area contributed by atoms with Crippen molar-refractivity contribution in [2.24, 2.45) is 0 Å². The summed E-state index contributed by atoms with van der Waals surface area (Å²) < 4.78 is 0. The summed E-state index contributed by atoms with van der Waals surface area (Å²) in [6, 6.07) is 5.48. The SMILES string of the molecule is CC(C)(C)NCc1nnc(-c2ccc(Cl)c(Cl)c2)s1. The maximum Gasteiger partial charge on any atom is 0.147 e. The van der Waals surface area contributed by atoms with Gasteiger partial charge in [-0.3, -0.25) is 0 Å². The number of benzene rings is 1. The predicted octanol–water partition coefficient (Wildman–Crippen LogP) is 4.40. The van der Waals surface area contributed by atoms with Crippen molar-refractivity contribution in [3.05, 3.63) is 33.3 Å². The van der Waals surface area contributed by atoms with E-state index in [1.807, 2.05) is 12.1 Å². The van der Waals surface area contributed by atoms with Crippen LogP contribution in [0.3, 0.4) is 0 Å². The highest BCUT2D eigenvalue weighted by Crippen LogP contribution is 2.30. The first-order valence-corrected chi connectivity index (χ1v) is 7.45. The number of nitrogens with one attached hydrogen (secondary N) is 1. The number of aromatic nitrogens is 2. The molecule has 3 nitrogen and oxygen atoms in total. The third-order valence-electron chi connectivity index (χ3n) is 2.40. The van der Waals surface area contributed by atoms with Gasteiger partial charge in [-0.15, -0.1) is 10.2 Å². The summed E-state index contributed by atoms with van der Waals surface area (Å²) >= 11 is 13.5. The Morgan fingerprint density at radius 3 is 2.53 bits per heavy atom. The lowest BCUT2D eigenvalue weighted by Crippen LogP contribution is -2.35. The van der Waals surface area contributed by atoms with Gasteiger partial charge in [0.25, 0.3) is 0 Å². The molecule has 2 rings (SSSR count). The van der Waals surface area contributed by atoms with E-state index in [9.17, 15) is 0 Å². The Morgan fingerprint density at radius 2 is 1.89 bits per heavy atom. The average Bonchev–Trinajstić information content (AvgIpc) is 2.78. The van der Waals surface area contributed by atoms with Crippen molar-refractivity contribution in [3.63, 3.8) is 0 Å². The molecule has 1 aromatic heterocycles. The Kier molecular flexibility index (Phi) is 4.46. The summed E-state index contributed by atoms with van der Waals surface area (Å²) in [7, 11) is 0. The fourth-order valence-corrected chi connectivity index (χ4v) is 2.49. The summed E-state index contributed by atoms with van der Waals surface area (Å²) in [6.45, 7) is 7.07. The number of halogens is 2. The largest absolute Gasteiger partial charge is 0.306 e. The zero-order valence-electron chi connectivity index (χ0n) is 11.0. The van der Waals surface area contributed by atoms with Crippen LogP contribution in [0.1, 0.15) is 25.8 Å². The number of nitrogens with zero attached hydrogens (tertiary/aromatic N) is 2. The van der Waals surface area contributed by atoms with Crippen LogP contribution in [0.4, 0.5) is 0 Å². The second-order valence-electron chi connectivity index (χ2n) is 5.23. The molecule has 0 unspecified atom stereocenters. The molecule has 0 bridgehead atoms. The molecule has 0 aliphatic carbocycles. The Morgan fingerprint density at radius 1 is 1.16 bits per heavy atom. The van der Waals surface area contributed by atoms with Gasteiger partial charge in [0.15, 0.2) is 0 Å². The van der Waals surface area contributed by atoms with Crippen LogP contribution in [0.5, 0.6) is 0 Å². The topological polar surface area (TPSA) is 37.8 Å². The first-order valence-electron chi connectivity index (χ1n) is 5.88. The monoisotopic (exact) mass is 315 g/mol. The number of hydrogen-bond acceptors (Lipinski definition) is 4. The summed E-state index contributed by atoms with van der Waals surface area (Å²) in [5.41, 5.74) is 1.00. The molecule has 0 saturated carbocycles. The first-order chi connectivity index (χ1) is 8.85. The van der Waals surface area contributed by atoms with Gasteiger partial charge < -0.3 is 5.32 Å². The highest BCUT2D eigenvalue weighted by Gasteiger charge is 2.12. The summed E-state index contributed by atoms with van der Waals surface area (Å²) in [4.78, 5) is 0. The van der Waals surface area contributed by atoms with Crippen LogP contribution < -0.4 is 5.32 Å². The van der Waals surface area contributed by atoms with Gasteiger partial charge in [0.2, 0.25) is 0 Å². The van der Waals surface area contributed by atoms with Crippen LogP contribution in [0.2, 0.25) is 10.0 Å². The molecule has 1 aromatic carbocycles. The molecule has 0 fully saturated rings. The molecule has 1 heterocycles. The fraction of sp³-hybridized carbons (Fsp3) is 0.385. The Hall–Kier alpha value is -0.680. The highest BCUT2D eigenvalue weighted by atomic mass is 35.5. The van der Waals surface area contributed by atoms with Crippen molar-refractivity contribution in [2.75, 3.05) is 0 Å². The predicted molar refractivity (Wildman–Crippen MR) is 82.0 cm³/mol. The minimum Gasteiger partial charge on any atom is -0.306 e. The molecule has 0 aliphatic rings. The lowest BCUT2D eigenvalue weighted by Gasteiger charge is -2.19. The van der Waals surface area contributed by atoms with E-state index in [-0.39, 0.29) is 5.54 Å². The van der Waals surface area contributed by atoms with E-state index in [1.165, 1.54) is 0 Å². The minimum absolute atomic E-state index is 0.0649. The van der Waals surface area contributed by atoms with E-state index in [4.69, 9.17) is 23.2 Å². The van der Waals surface area contributed by atoms with Crippen LogP contribution >= 0.6 is 34.5 Å². The molecular formula is C13H15Cl2N3S. The van der Waals surface area contributed by atoms with Gasteiger partial charge in [-0.1, -0.05) is 40.6 Å². The first kappa shape index (κ1) is 14.7. The van der Waals surface area contributed by atoms with Crippen LogP contribution in [0, 0.1) is 0 Å². The third-order valence-corrected chi connectivity index (χ3v) is 4.11. The Balaban J connectivity index is 2.14. The van der Waals surface area contributed by atoms with E-state index >= 15 is 0 Å². The molecule has 0 atom stereocenters. The highest BCUT2D eigenvalue weighted by molar-refractivity contribution is 7.14. The van der Waals surface area contributed by atoms with Crippen molar-refractivity contribution >= 4 is 34.5 Å². The van der Waals surface area contributed by atoms with Gasteiger partial charge in [-0.25, -0.2) is 0 Å². The zero-order chi connectivity index (χ0) is 14.0. The Bertz CT molecular complexity index is 576. The second-order valence-corrected chi connectivity index (χ2v) is 7.11. The third kappa shape index (κ3) is 4.14. The molecule has 0 spiro atoms. The Labute approximate surface area is 127 Å². The fourth-order valence-electron chi connectivity index (χ4n) is 1.41. The van der Waals surface area contributed by atoms with E-state index < -0.39 is 0 Å². The summed E-state index contributed by atoms with van der Waals surface area (Å²) in [5, 5.41) is 14.6. The minimum atomic E-state index is 0.0649. The molecular weight excluding hydrogens is 301 g/mol. The lowest BCUT2D eigenvalue weighted by molar-refractivity contribution is 0.423. The van der Waals surface area contributed by atoms with Gasteiger partial charge in [0, 0.05) is 11.1 Å². The molecule has 0 amide bonds. The molecule has 19 heavy (non-hydrogen) atoms. The molecule has 0 radical (unpaired) electrons. The molecule has 1 N–H and O–H groups in total. The van der Waals surface area contributed by atoms with Crippen LogP contribution in [0.25, 0.3) is 10.6 Å². The van der Waals surface area contributed by atoms with Crippen LogP contribution in [-0.4, -0.2) is 15.7 Å². The van der Waals surface area contributed by atoms with E-state index in [2.05, 4.69) is 36.3 Å². The van der Waals surface area contributed by atoms with Crippen molar-refractivity contribution in [3.8, 4) is 10.6 Å². The van der Waals surface area contributed by atoms with Crippen molar-refractivity contribution in [1.29, 1.82) is 0 Å². The average molecular weight is 316 g/mol. The maximum absolute atomic E-state index is 6.00. The number of hydrogen-bond donors (Lipinski definition) is 1. The van der Waals surface area contributed by atoms with Crippen molar-refractivity contribution in [1.82, 2.24) is 15.5 Å². The van der Waals surface area contributed by atoms with Gasteiger partial charge in [-0.2, -0.15) is 0 Å². The van der Waals surface area contributed by atoms with Crippen molar-refractivity contribution in [2.45, 2.75) is 32.9 Å². The summed E-state index contributed by atoms with van der Waals surface area (Å²) in [5.74, 6) is 0. The lowest BCUT2D eigenvalue weighted by atomic mass is 10.1.